The molecule has 0 aliphatic heterocycles. The molecule has 0 aliphatic carbocycles. The Hall–Kier alpha value is -1.03. The molecule has 0 amide bonds. The molecule has 1 aromatic rings. The molecule has 0 saturated carbocycles. The highest BCUT2D eigenvalue weighted by molar-refractivity contribution is 6.46. The summed E-state index contributed by atoms with van der Waals surface area (Å²) >= 11 is 0. The highest BCUT2D eigenvalue weighted by atomic mass is 16.5. The normalized spacial score (nSPS) is 9.36. The second kappa shape index (κ2) is 3.39. The van der Waals surface area contributed by atoms with Crippen LogP contribution >= 0.6 is 0 Å². The topological polar surface area (TPSA) is 42.4 Å². The van der Waals surface area contributed by atoms with Gasteiger partial charge in [-0.15, -0.1) is 0 Å². The predicted octanol–water partition coefficient (Wildman–Crippen LogP) is -0.365. The van der Waals surface area contributed by atoms with Crippen molar-refractivity contribution >= 4 is 12.9 Å². The van der Waals surface area contributed by atoms with Crippen molar-refractivity contribution in [2.75, 3.05) is 7.11 Å². The number of aromatic nitrogens is 1. The lowest BCUT2D eigenvalue weighted by atomic mass is 9.89. The van der Waals surface area contributed by atoms with Gasteiger partial charge in [-0.2, -0.15) is 0 Å². The van der Waals surface area contributed by atoms with Crippen molar-refractivity contribution in [2.45, 2.75) is 6.92 Å². The van der Waals surface area contributed by atoms with E-state index in [4.69, 9.17) is 9.76 Å². The predicted molar refractivity (Wildman–Crippen MR) is 43.1 cm³/mol. The molecule has 0 saturated heterocycles. The zero-order valence-corrected chi connectivity index (χ0v) is 6.53. The lowest BCUT2D eigenvalue weighted by molar-refractivity contribution is 0.400. The summed E-state index contributed by atoms with van der Waals surface area (Å²) in [6, 6.07) is 1.80. The first kappa shape index (κ1) is 8.08. The monoisotopic (exact) mass is 150 g/mol. The number of hydrogen-bond acceptors (Lipinski definition) is 3. The minimum absolute atomic E-state index is 0.443. The maximum atomic E-state index is 8.73. The summed E-state index contributed by atoms with van der Waals surface area (Å²) in [5.41, 5.74) is 1.60. The van der Waals surface area contributed by atoms with E-state index >= 15 is 0 Å². The first-order valence-corrected chi connectivity index (χ1v) is 3.26. The van der Waals surface area contributed by atoms with Gasteiger partial charge in [-0.1, -0.05) is 6.07 Å². The van der Waals surface area contributed by atoms with E-state index in [1.807, 2.05) is 6.92 Å². The van der Waals surface area contributed by atoms with Gasteiger partial charge < -0.3 is 9.76 Å². The zero-order valence-electron chi connectivity index (χ0n) is 6.53. The van der Waals surface area contributed by atoms with Crippen molar-refractivity contribution in [1.82, 2.24) is 4.98 Å². The lowest BCUT2D eigenvalue weighted by Crippen LogP contribution is -2.17. The Labute approximate surface area is 66.3 Å². The van der Waals surface area contributed by atoms with Crippen molar-refractivity contribution in [3.8, 4) is 5.88 Å². The average Bonchev–Trinajstić information content (AvgIpc) is 2.04. The number of aryl methyl sites for hydroxylation is 1. The quantitative estimate of drug-likeness (QED) is 0.585. The average molecular weight is 150 g/mol. The minimum atomic E-state index is 0.443. The van der Waals surface area contributed by atoms with E-state index in [2.05, 4.69) is 4.98 Å². The van der Waals surface area contributed by atoms with Crippen LogP contribution in [-0.2, 0) is 0 Å². The van der Waals surface area contributed by atoms with Crippen LogP contribution in [0.1, 0.15) is 5.56 Å². The number of rotatable bonds is 2. The molecule has 1 aromatic heterocycles. The van der Waals surface area contributed by atoms with Crippen molar-refractivity contribution < 1.29 is 9.76 Å². The fourth-order valence-electron chi connectivity index (χ4n) is 0.842. The Kier molecular flexibility index (Phi) is 2.49. The number of hydrogen-bond donors (Lipinski definition) is 1. The summed E-state index contributed by atoms with van der Waals surface area (Å²) in [7, 11) is 2.50. The van der Waals surface area contributed by atoms with Gasteiger partial charge in [0.1, 0.15) is 0 Å². The van der Waals surface area contributed by atoms with Crippen LogP contribution in [0.15, 0.2) is 12.3 Å². The third kappa shape index (κ3) is 1.71. The molecule has 4 heteroatoms. The minimum Gasteiger partial charge on any atom is -0.481 e. The number of pyridine rings is 1. The molecule has 3 nitrogen and oxygen atoms in total. The Balaban J connectivity index is 3.06. The molecule has 0 fully saturated rings. The van der Waals surface area contributed by atoms with Gasteiger partial charge in [-0.05, 0) is 12.5 Å². The van der Waals surface area contributed by atoms with E-state index in [-0.39, 0.29) is 0 Å². The zero-order chi connectivity index (χ0) is 8.27. The molecule has 1 radical (unpaired) electrons. The fourth-order valence-corrected chi connectivity index (χ4v) is 0.842. The molecule has 0 spiro atoms. The van der Waals surface area contributed by atoms with E-state index in [9.17, 15) is 0 Å². The molecule has 0 aromatic carbocycles. The number of ether oxygens (including phenoxy) is 1. The molecule has 1 heterocycles. The summed E-state index contributed by atoms with van der Waals surface area (Å²) in [5, 5.41) is 8.73. The van der Waals surface area contributed by atoms with E-state index in [0.717, 1.165) is 13.0 Å². The van der Waals surface area contributed by atoms with Gasteiger partial charge in [0.15, 0.2) is 0 Å². The third-order valence-corrected chi connectivity index (χ3v) is 1.35. The van der Waals surface area contributed by atoms with E-state index in [1.165, 1.54) is 7.11 Å². The summed E-state index contributed by atoms with van der Waals surface area (Å²) in [5.74, 6) is 0.443. The SMILES string of the molecule is COc1ncc(C)cc1[B]O. The highest BCUT2D eigenvalue weighted by Crippen LogP contribution is 2.01. The first-order valence-electron chi connectivity index (χ1n) is 3.26. The van der Waals surface area contributed by atoms with Crippen LogP contribution in [0.3, 0.4) is 0 Å². The second-order valence-corrected chi connectivity index (χ2v) is 2.24. The first-order chi connectivity index (χ1) is 5.27. The molecule has 57 valence electrons. The maximum Gasteiger partial charge on any atom is 0.332 e. The molecule has 0 unspecified atom stereocenters. The van der Waals surface area contributed by atoms with Crippen molar-refractivity contribution in [1.29, 1.82) is 0 Å². The van der Waals surface area contributed by atoms with Crippen molar-refractivity contribution in [3.05, 3.63) is 17.8 Å². The molecule has 1 rings (SSSR count). The van der Waals surface area contributed by atoms with Crippen LogP contribution in [0, 0.1) is 6.92 Å². The number of nitrogens with zero attached hydrogens (tertiary/aromatic N) is 1. The largest absolute Gasteiger partial charge is 0.481 e. The van der Waals surface area contributed by atoms with Crippen LogP contribution < -0.4 is 10.2 Å². The summed E-state index contributed by atoms with van der Waals surface area (Å²) < 4.78 is 4.89. The standard InChI is InChI=1S/C7H9BNO2/c1-5-3-6(8-10)7(11-2)9-4-5/h3-4,10H,1-2H3. The molecular weight excluding hydrogens is 141 g/mol. The van der Waals surface area contributed by atoms with Gasteiger partial charge in [-0.25, -0.2) is 4.98 Å². The Morgan fingerprint density at radius 1 is 1.64 bits per heavy atom. The van der Waals surface area contributed by atoms with E-state index in [0.29, 0.717) is 11.3 Å². The fraction of sp³-hybridized carbons (Fsp3) is 0.286. The Morgan fingerprint density at radius 2 is 2.36 bits per heavy atom. The highest BCUT2D eigenvalue weighted by Gasteiger charge is 2.03. The van der Waals surface area contributed by atoms with Crippen molar-refractivity contribution in [3.63, 3.8) is 0 Å². The Morgan fingerprint density at radius 3 is 2.91 bits per heavy atom. The van der Waals surface area contributed by atoms with Crippen LogP contribution in [0.4, 0.5) is 0 Å². The van der Waals surface area contributed by atoms with Crippen LogP contribution in [0.25, 0.3) is 0 Å². The van der Waals surface area contributed by atoms with Gasteiger partial charge in [0.05, 0.1) is 7.11 Å². The van der Waals surface area contributed by atoms with Crippen molar-refractivity contribution in [2.24, 2.45) is 0 Å². The maximum absolute atomic E-state index is 8.73. The molecular formula is C7H9BNO2. The number of methoxy groups -OCH3 is 1. The van der Waals surface area contributed by atoms with Crippen LogP contribution in [0.2, 0.25) is 0 Å². The Bertz CT molecular complexity index is 252. The van der Waals surface area contributed by atoms with Gasteiger partial charge in [0.25, 0.3) is 0 Å². The summed E-state index contributed by atoms with van der Waals surface area (Å²) in [4.78, 5) is 3.95. The smallest absolute Gasteiger partial charge is 0.332 e. The van der Waals surface area contributed by atoms with E-state index in [1.54, 1.807) is 12.3 Å². The van der Waals surface area contributed by atoms with Gasteiger partial charge in [0.2, 0.25) is 5.88 Å². The van der Waals surface area contributed by atoms with Crippen LogP contribution in [0.5, 0.6) is 5.88 Å². The lowest BCUT2D eigenvalue weighted by Gasteiger charge is -2.03. The van der Waals surface area contributed by atoms with Gasteiger partial charge >= 0.3 is 7.48 Å². The molecule has 11 heavy (non-hydrogen) atoms. The summed E-state index contributed by atoms with van der Waals surface area (Å²) in [6.45, 7) is 1.90. The third-order valence-electron chi connectivity index (χ3n) is 1.35. The molecule has 0 aliphatic rings. The molecule has 1 N–H and O–H groups in total. The second-order valence-electron chi connectivity index (χ2n) is 2.24. The van der Waals surface area contributed by atoms with Gasteiger partial charge in [-0.3, -0.25) is 0 Å². The summed E-state index contributed by atoms with van der Waals surface area (Å²) in [6.07, 6.45) is 1.69. The molecule has 0 bridgehead atoms. The molecule has 0 atom stereocenters. The van der Waals surface area contributed by atoms with Crippen LogP contribution in [-0.4, -0.2) is 24.6 Å². The van der Waals surface area contributed by atoms with Gasteiger partial charge in [0, 0.05) is 11.7 Å². The van der Waals surface area contributed by atoms with E-state index < -0.39 is 0 Å².